The Morgan fingerprint density at radius 1 is 1.22 bits per heavy atom. The summed E-state index contributed by atoms with van der Waals surface area (Å²) in [6.45, 7) is 3.99. The van der Waals surface area contributed by atoms with Gasteiger partial charge in [0.05, 0.1) is 5.41 Å². The minimum atomic E-state index is -0.741. The molecule has 1 unspecified atom stereocenters. The van der Waals surface area contributed by atoms with Gasteiger partial charge in [0.2, 0.25) is 0 Å². The standard InChI is InChI=1S/C15H22O2.Mg.2H/c1-3-4-5-9-12-15(2,14(16)17)13-10-7-6-8-11-13;;;/h6-8,10-11H,3-5,9,12H2,1-2H3,(H,16,17);;;/q;+2;2*-1. The Bertz CT molecular complexity index is 360. The third-order valence-corrected chi connectivity index (χ3v) is 3.41. The summed E-state index contributed by atoms with van der Waals surface area (Å²) in [6, 6.07) is 9.55. The molecular weight excluding hydrogens is 236 g/mol. The number of rotatable bonds is 7. The molecule has 0 heterocycles. The fourth-order valence-corrected chi connectivity index (χ4v) is 2.09. The SMILES string of the molecule is CCCCCCC(C)(C(=O)O)c1ccccc1.[H-].[H-].[Mg+2]. The average Bonchev–Trinajstić information content (AvgIpc) is 2.35. The van der Waals surface area contributed by atoms with Gasteiger partial charge in [0.15, 0.2) is 0 Å². The summed E-state index contributed by atoms with van der Waals surface area (Å²) in [5, 5.41) is 9.44. The molecule has 0 bridgehead atoms. The molecular formula is C15H24MgO2. The fraction of sp³-hybridized carbons (Fsp3) is 0.533. The van der Waals surface area contributed by atoms with E-state index in [2.05, 4.69) is 6.92 Å². The summed E-state index contributed by atoms with van der Waals surface area (Å²) in [5.74, 6) is -0.722. The Morgan fingerprint density at radius 3 is 2.33 bits per heavy atom. The molecule has 0 amide bonds. The number of carbonyl (C=O) groups is 1. The van der Waals surface area contributed by atoms with Crippen molar-refractivity contribution in [2.24, 2.45) is 0 Å². The van der Waals surface area contributed by atoms with E-state index in [-0.39, 0.29) is 25.9 Å². The van der Waals surface area contributed by atoms with Gasteiger partial charge in [-0.15, -0.1) is 0 Å². The zero-order chi connectivity index (χ0) is 12.7. The number of hydrogen-bond acceptors (Lipinski definition) is 1. The van der Waals surface area contributed by atoms with Crippen molar-refractivity contribution >= 4 is 29.0 Å². The van der Waals surface area contributed by atoms with Crippen molar-refractivity contribution in [1.29, 1.82) is 0 Å². The normalized spacial score (nSPS) is 13.4. The van der Waals surface area contributed by atoms with Gasteiger partial charge in [0.1, 0.15) is 0 Å². The first-order chi connectivity index (χ1) is 8.11. The zero-order valence-corrected chi connectivity index (χ0v) is 12.9. The predicted molar refractivity (Wildman–Crippen MR) is 78.2 cm³/mol. The van der Waals surface area contributed by atoms with Gasteiger partial charge in [-0.2, -0.15) is 0 Å². The first kappa shape index (κ1) is 17.5. The zero-order valence-electron chi connectivity index (χ0n) is 13.5. The van der Waals surface area contributed by atoms with Gasteiger partial charge < -0.3 is 7.96 Å². The molecule has 1 rings (SSSR count). The van der Waals surface area contributed by atoms with Crippen LogP contribution in [0.4, 0.5) is 0 Å². The number of carboxylic acids is 1. The molecule has 0 aromatic heterocycles. The Balaban J connectivity index is -0.000000963. The van der Waals surface area contributed by atoms with Gasteiger partial charge in [-0.1, -0.05) is 62.9 Å². The van der Waals surface area contributed by atoms with Crippen LogP contribution in [0, 0.1) is 0 Å². The second-order valence-electron chi connectivity index (χ2n) is 4.81. The number of aliphatic carboxylic acids is 1. The summed E-state index contributed by atoms with van der Waals surface area (Å²) in [7, 11) is 0. The molecule has 1 N–H and O–H groups in total. The maximum Gasteiger partial charge on any atom is 2.00 e. The summed E-state index contributed by atoms with van der Waals surface area (Å²) in [4.78, 5) is 11.5. The van der Waals surface area contributed by atoms with E-state index >= 15 is 0 Å². The van der Waals surface area contributed by atoms with Crippen LogP contribution < -0.4 is 0 Å². The minimum Gasteiger partial charge on any atom is -1.00 e. The topological polar surface area (TPSA) is 37.3 Å². The van der Waals surface area contributed by atoms with Crippen molar-refractivity contribution in [3.63, 3.8) is 0 Å². The maximum atomic E-state index is 11.5. The third-order valence-electron chi connectivity index (χ3n) is 3.41. The molecule has 0 aliphatic rings. The monoisotopic (exact) mass is 260 g/mol. The van der Waals surface area contributed by atoms with E-state index in [4.69, 9.17) is 0 Å². The molecule has 0 saturated carbocycles. The summed E-state index contributed by atoms with van der Waals surface area (Å²) in [6.07, 6.45) is 5.17. The molecule has 18 heavy (non-hydrogen) atoms. The van der Waals surface area contributed by atoms with Gasteiger partial charge in [-0.05, 0) is 18.9 Å². The Labute approximate surface area is 129 Å². The van der Waals surface area contributed by atoms with Crippen molar-refractivity contribution in [3.8, 4) is 0 Å². The quantitative estimate of drug-likeness (QED) is 0.597. The van der Waals surface area contributed by atoms with E-state index in [9.17, 15) is 9.90 Å². The molecule has 1 aromatic carbocycles. The summed E-state index contributed by atoms with van der Waals surface area (Å²) < 4.78 is 0. The van der Waals surface area contributed by atoms with Crippen LogP contribution in [0.3, 0.4) is 0 Å². The molecule has 1 aromatic rings. The number of unbranched alkanes of at least 4 members (excludes halogenated alkanes) is 3. The van der Waals surface area contributed by atoms with Crippen LogP contribution in [-0.4, -0.2) is 34.1 Å². The average molecular weight is 261 g/mol. The van der Waals surface area contributed by atoms with Gasteiger partial charge in [0.25, 0.3) is 0 Å². The van der Waals surface area contributed by atoms with Crippen LogP contribution in [0.15, 0.2) is 30.3 Å². The molecule has 0 radical (unpaired) electrons. The molecule has 0 aliphatic heterocycles. The Morgan fingerprint density at radius 2 is 1.83 bits per heavy atom. The predicted octanol–water partition coefficient (Wildman–Crippen LogP) is 3.84. The Hall–Kier alpha value is -0.544. The van der Waals surface area contributed by atoms with Crippen LogP contribution in [0.25, 0.3) is 0 Å². The number of carboxylic acid groups (broad SMARTS) is 1. The summed E-state index contributed by atoms with van der Waals surface area (Å²) >= 11 is 0. The number of hydrogen-bond donors (Lipinski definition) is 1. The largest absolute Gasteiger partial charge is 2.00 e. The minimum absolute atomic E-state index is 0. The smallest absolute Gasteiger partial charge is 1.00 e. The van der Waals surface area contributed by atoms with E-state index in [0.29, 0.717) is 6.42 Å². The van der Waals surface area contributed by atoms with Crippen LogP contribution >= 0.6 is 0 Å². The van der Waals surface area contributed by atoms with E-state index in [0.717, 1.165) is 18.4 Å². The molecule has 3 heteroatoms. The van der Waals surface area contributed by atoms with Crippen molar-refractivity contribution in [2.75, 3.05) is 0 Å². The van der Waals surface area contributed by atoms with Crippen LogP contribution in [0.5, 0.6) is 0 Å². The molecule has 1 atom stereocenters. The van der Waals surface area contributed by atoms with Crippen molar-refractivity contribution in [3.05, 3.63) is 35.9 Å². The Kier molecular flexibility index (Phi) is 8.28. The van der Waals surface area contributed by atoms with Crippen molar-refractivity contribution in [1.82, 2.24) is 0 Å². The van der Waals surface area contributed by atoms with Crippen LogP contribution in [-0.2, 0) is 10.2 Å². The summed E-state index contributed by atoms with van der Waals surface area (Å²) in [5.41, 5.74) is 0.165. The molecule has 0 saturated heterocycles. The second-order valence-corrected chi connectivity index (χ2v) is 4.81. The third kappa shape index (κ3) is 4.61. The van der Waals surface area contributed by atoms with Gasteiger partial charge >= 0.3 is 29.0 Å². The number of benzene rings is 1. The van der Waals surface area contributed by atoms with E-state index in [1.165, 1.54) is 12.8 Å². The first-order valence-electron chi connectivity index (χ1n) is 6.40. The fourth-order valence-electron chi connectivity index (χ4n) is 2.09. The molecule has 0 spiro atoms. The molecule has 2 nitrogen and oxygen atoms in total. The molecule has 0 aliphatic carbocycles. The van der Waals surface area contributed by atoms with E-state index in [1.807, 2.05) is 37.3 Å². The van der Waals surface area contributed by atoms with E-state index in [1.54, 1.807) is 0 Å². The molecule has 0 fully saturated rings. The van der Waals surface area contributed by atoms with E-state index < -0.39 is 11.4 Å². The first-order valence-corrected chi connectivity index (χ1v) is 6.40. The van der Waals surface area contributed by atoms with Gasteiger partial charge in [-0.25, -0.2) is 0 Å². The van der Waals surface area contributed by atoms with Gasteiger partial charge in [0, 0.05) is 0 Å². The van der Waals surface area contributed by atoms with Crippen molar-refractivity contribution < 1.29 is 12.8 Å². The van der Waals surface area contributed by atoms with Gasteiger partial charge in [-0.3, -0.25) is 4.79 Å². The van der Waals surface area contributed by atoms with Crippen LogP contribution in [0.1, 0.15) is 54.4 Å². The maximum absolute atomic E-state index is 11.5. The molecule has 98 valence electrons. The van der Waals surface area contributed by atoms with Crippen molar-refractivity contribution in [2.45, 2.75) is 51.4 Å². The van der Waals surface area contributed by atoms with Crippen LogP contribution in [0.2, 0.25) is 0 Å². The second kappa shape index (κ2) is 8.54.